The normalized spacial score (nSPS) is 22.3. The van der Waals surface area contributed by atoms with Gasteiger partial charge in [-0.15, -0.1) is 0 Å². The molecule has 2 atom stereocenters. The Balaban J connectivity index is 2.33. The van der Waals surface area contributed by atoms with Crippen molar-refractivity contribution in [3.05, 3.63) is 34.9 Å². The van der Waals surface area contributed by atoms with E-state index < -0.39 is 12.0 Å². The van der Waals surface area contributed by atoms with Gasteiger partial charge in [-0.1, -0.05) is 34.9 Å². The van der Waals surface area contributed by atoms with Crippen LogP contribution in [0.15, 0.2) is 34.9 Å². The number of cyclic esters (lactones) is 1. The molecule has 23 heavy (non-hydrogen) atoms. The Morgan fingerprint density at radius 2 is 1.52 bits per heavy atom. The van der Waals surface area contributed by atoms with Crippen LogP contribution in [0.5, 0.6) is 0 Å². The van der Waals surface area contributed by atoms with Crippen LogP contribution in [-0.4, -0.2) is 17.9 Å². The van der Waals surface area contributed by atoms with E-state index in [2.05, 4.69) is 39.8 Å². The highest BCUT2D eigenvalue weighted by molar-refractivity contribution is 6.06. The maximum absolute atomic E-state index is 11.8. The van der Waals surface area contributed by atoms with Crippen molar-refractivity contribution in [2.75, 3.05) is 0 Å². The lowest BCUT2D eigenvalue weighted by atomic mass is 10.0. The van der Waals surface area contributed by atoms with Crippen molar-refractivity contribution < 1.29 is 14.3 Å². The number of hydrogen-bond acceptors (Lipinski definition) is 3. The molecule has 3 heteroatoms. The van der Waals surface area contributed by atoms with Crippen LogP contribution in [0.25, 0.3) is 0 Å². The number of ether oxygens (including phenoxy) is 1. The molecule has 0 spiro atoms. The molecule has 0 aromatic carbocycles. The van der Waals surface area contributed by atoms with Crippen molar-refractivity contribution in [3.8, 4) is 0 Å². The first-order chi connectivity index (χ1) is 10.8. The minimum atomic E-state index is -0.597. The summed E-state index contributed by atoms with van der Waals surface area (Å²) in [5, 5.41) is 0. The first-order valence-corrected chi connectivity index (χ1v) is 8.50. The number of allylic oxidation sites excluding steroid dienone is 5. The second kappa shape index (κ2) is 9.49. The first kappa shape index (κ1) is 19.4. The lowest BCUT2D eigenvalue weighted by Gasteiger charge is -2.05. The van der Waals surface area contributed by atoms with Crippen LogP contribution in [0, 0.1) is 5.92 Å². The average Bonchev–Trinajstić information content (AvgIpc) is 2.72. The molecule has 1 aliphatic rings. The van der Waals surface area contributed by atoms with E-state index in [4.69, 9.17) is 4.74 Å². The Morgan fingerprint density at radius 1 is 0.957 bits per heavy atom. The second-order valence-corrected chi connectivity index (χ2v) is 6.75. The number of esters is 1. The maximum atomic E-state index is 11.8. The van der Waals surface area contributed by atoms with Gasteiger partial charge in [0.05, 0.1) is 0 Å². The largest absolute Gasteiger partial charge is 0.453 e. The Morgan fingerprint density at radius 3 is 2.04 bits per heavy atom. The zero-order valence-corrected chi connectivity index (χ0v) is 15.1. The predicted molar refractivity (Wildman–Crippen MR) is 94.1 cm³/mol. The summed E-state index contributed by atoms with van der Waals surface area (Å²) in [7, 11) is 0. The maximum Gasteiger partial charge on any atom is 0.317 e. The van der Waals surface area contributed by atoms with E-state index in [1.165, 1.54) is 16.7 Å². The Labute approximate surface area is 140 Å². The fourth-order valence-electron chi connectivity index (χ4n) is 2.51. The third kappa shape index (κ3) is 6.98. The fourth-order valence-corrected chi connectivity index (χ4v) is 2.51. The lowest BCUT2D eigenvalue weighted by molar-refractivity contribution is -0.144. The van der Waals surface area contributed by atoms with E-state index in [0.29, 0.717) is 6.42 Å². The van der Waals surface area contributed by atoms with Crippen LogP contribution in [0.3, 0.4) is 0 Å². The van der Waals surface area contributed by atoms with E-state index in [0.717, 1.165) is 25.7 Å². The zero-order chi connectivity index (χ0) is 17.4. The summed E-state index contributed by atoms with van der Waals surface area (Å²) in [5.41, 5.74) is 4.03. The lowest BCUT2D eigenvalue weighted by Crippen LogP contribution is -2.17. The predicted octanol–water partition coefficient (Wildman–Crippen LogP) is 4.93. The van der Waals surface area contributed by atoms with Gasteiger partial charge in [-0.2, -0.15) is 0 Å². The summed E-state index contributed by atoms with van der Waals surface area (Å²) in [4.78, 5) is 23.1. The van der Waals surface area contributed by atoms with Gasteiger partial charge in [-0.3, -0.25) is 9.59 Å². The molecule has 0 aromatic heterocycles. The molecular weight excluding hydrogens is 288 g/mol. The minimum absolute atomic E-state index is 0.0888. The summed E-state index contributed by atoms with van der Waals surface area (Å²) in [6, 6.07) is 0. The third-order valence-electron chi connectivity index (χ3n) is 4.16. The molecule has 1 rings (SSSR count). The minimum Gasteiger partial charge on any atom is -0.453 e. The van der Waals surface area contributed by atoms with Gasteiger partial charge in [0, 0.05) is 6.42 Å². The Bertz CT molecular complexity index is 519. The highest BCUT2D eigenvalue weighted by Crippen LogP contribution is 2.21. The standard InChI is InChI=1S/C20H30O3/c1-14(2)8-6-9-15(3)10-7-11-16(4)12-13-18-19(21)17(5)20(22)23-18/h8,10,12,17-18H,6-7,9,11,13H2,1-5H3. The van der Waals surface area contributed by atoms with Crippen molar-refractivity contribution in [3.63, 3.8) is 0 Å². The van der Waals surface area contributed by atoms with Crippen molar-refractivity contribution in [2.45, 2.75) is 72.8 Å². The number of Topliss-reactive ketones (excluding diaryl/α,β-unsaturated/α-hetero) is 1. The van der Waals surface area contributed by atoms with Crippen LogP contribution in [0.1, 0.15) is 66.7 Å². The molecule has 0 radical (unpaired) electrons. The van der Waals surface area contributed by atoms with Crippen LogP contribution >= 0.6 is 0 Å². The molecule has 128 valence electrons. The molecule has 0 aromatic rings. The van der Waals surface area contributed by atoms with E-state index >= 15 is 0 Å². The molecule has 0 bridgehead atoms. The SMILES string of the molecule is CC(C)=CCCC(C)=CCCC(C)=CCC1OC(=O)C(C)C1=O. The van der Waals surface area contributed by atoms with Gasteiger partial charge < -0.3 is 4.74 Å². The quantitative estimate of drug-likeness (QED) is 0.362. The molecule has 1 aliphatic heterocycles. The van der Waals surface area contributed by atoms with Gasteiger partial charge in [0.15, 0.2) is 11.9 Å². The van der Waals surface area contributed by atoms with Crippen LogP contribution < -0.4 is 0 Å². The summed E-state index contributed by atoms with van der Waals surface area (Å²) >= 11 is 0. The van der Waals surface area contributed by atoms with E-state index in [9.17, 15) is 9.59 Å². The Hall–Kier alpha value is -1.64. The third-order valence-corrected chi connectivity index (χ3v) is 4.16. The molecule has 1 saturated heterocycles. The van der Waals surface area contributed by atoms with Gasteiger partial charge >= 0.3 is 5.97 Å². The molecule has 0 N–H and O–H groups in total. The summed E-state index contributed by atoms with van der Waals surface area (Å²) in [6.45, 7) is 10.1. The number of carbonyl (C=O) groups is 2. The summed E-state index contributed by atoms with van der Waals surface area (Å²) < 4.78 is 5.09. The molecule has 3 nitrogen and oxygen atoms in total. The average molecular weight is 318 g/mol. The van der Waals surface area contributed by atoms with E-state index in [-0.39, 0.29) is 11.8 Å². The smallest absolute Gasteiger partial charge is 0.317 e. The fraction of sp³-hybridized carbons (Fsp3) is 0.600. The van der Waals surface area contributed by atoms with Gasteiger partial charge in [-0.05, 0) is 60.3 Å². The topological polar surface area (TPSA) is 43.4 Å². The molecule has 1 fully saturated rings. The molecular formula is C20H30O3. The highest BCUT2D eigenvalue weighted by Gasteiger charge is 2.39. The molecule has 0 aliphatic carbocycles. The van der Waals surface area contributed by atoms with E-state index in [1.807, 2.05) is 6.08 Å². The number of ketones is 1. The molecule has 1 heterocycles. The van der Waals surface area contributed by atoms with Crippen LogP contribution in [-0.2, 0) is 14.3 Å². The zero-order valence-electron chi connectivity index (χ0n) is 15.1. The van der Waals surface area contributed by atoms with Crippen molar-refractivity contribution in [2.24, 2.45) is 5.92 Å². The van der Waals surface area contributed by atoms with Crippen LogP contribution in [0.2, 0.25) is 0 Å². The number of carbonyl (C=O) groups excluding carboxylic acids is 2. The van der Waals surface area contributed by atoms with Crippen molar-refractivity contribution in [1.82, 2.24) is 0 Å². The highest BCUT2D eigenvalue weighted by atomic mass is 16.6. The molecule has 0 saturated carbocycles. The van der Waals surface area contributed by atoms with Gasteiger partial charge in [0.1, 0.15) is 5.92 Å². The van der Waals surface area contributed by atoms with Crippen molar-refractivity contribution >= 4 is 11.8 Å². The summed E-state index contributed by atoms with van der Waals surface area (Å²) in [6.07, 6.45) is 10.7. The molecule has 0 amide bonds. The Kier molecular flexibility index (Phi) is 8.01. The number of rotatable bonds is 8. The number of hydrogen-bond donors (Lipinski definition) is 0. The van der Waals surface area contributed by atoms with Crippen LogP contribution in [0.4, 0.5) is 0 Å². The van der Waals surface area contributed by atoms with Crippen molar-refractivity contribution in [1.29, 1.82) is 0 Å². The summed E-state index contributed by atoms with van der Waals surface area (Å²) in [5.74, 6) is -1.07. The van der Waals surface area contributed by atoms with Gasteiger partial charge in [0.2, 0.25) is 0 Å². The van der Waals surface area contributed by atoms with Gasteiger partial charge in [-0.25, -0.2) is 0 Å². The first-order valence-electron chi connectivity index (χ1n) is 8.50. The second-order valence-electron chi connectivity index (χ2n) is 6.75. The monoisotopic (exact) mass is 318 g/mol. The van der Waals surface area contributed by atoms with Gasteiger partial charge in [0.25, 0.3) is 0 Å². The molecule has 2 unspecified atom stereocenters. The van der Waals surface area contributed by atoms with E-state index in [1.54, 1.807) is 6.92 Å².